The van der Waals surface area contributed by atoms with E-state index in [4.69, 9.17) is 44.6 Å². The van der Waals surface area contributed by atoms with Crippen LogP contribution in [0.25, 0.3) is 0 Å². The molecule has 33 heteroatoms. The molecule has 0 aromatic rings. The van der Waals surface area contributed by atoms with Gasteiger partial charge in [0, 0.05) is 39.3 Å². The number of carboxylic acids is 2. The summed E-state index contributed by atoms with van der Waals surface area (Å²) in [6, 6.07) is -12.3. The molecule has 416 valence electrons. The summed E-state index contributed by atoms with van der Waals surface area (Å²) in [6.07, 6.45) is -2.58. The van der Waals surface area contributed by atoms with Gasteiger partial charge in [0.1, 0.15) is 48.3 Å². The van der Waals surface area contributed by atoms with Crippen molar-refractivity contribution in [2.45, 2.75) is 139 Å². The monoisotopic (exact) mass is 1070 g/mol. The molecule has 0 unspecified atom stereocenters. The number of carbonyl (C=O) groups is 13. The van der Waals surface area contributed by atoms with E-state index in [1.807, 2.05) is 0 Å². The first kappa shape index (κ1) is 66.0. The van der Waals surface area contributed by atoms with Gasteiger partial charge < -0.3 is 92.0 Å². The summed E-state index contributed by atoms with van der Waals surface area (Å²) in [7, 11) is 0. The number of rotatable bonds is 38. The molecule has 32 nitrogen and oxygen atoms in total. The highest BCUT2D eigenvalue weighted by molar-refractivity contribution is 7.98. The quantitative estimate of drug-likeness (QED) is 0.0155. The Bertz CT molecular complexity index is 2050. The van der Waals surface area contributed by atoms with Gasteiger partial charge in [0.15, 0.2) is 11.9 Å². The number of nitrogens with two attached hydrogens (primary N) is 5. The van der Waals surface area contributed by atoms with Crippen LogP contribution in [0.4, 0.5) is 0 Å². The maximum absolute atomic E-state index is 14.1. The average molecular weight is 1070 g/mol. The van der Waals surface area contributed by atoms with Crippen LogP contribution >= 0.6 is 11.8 Å². The molecule has 0 radical (unpaired) electrons. The first-order chi connectivity index (χ1) is 34.6. The minimum absolute atomic E-state index is 0.00685. The second-order valence-corrected chi connectivity index (χ2v) is 17.5. The van der Waals surface area contributed by atoms with Crippen LogP contribution in [0, 0.1) is 10.8 Å². The molecule has 0 fully saturated rings. The lowest BCUT2D eigenvalue weighted by atomic mass is 10.0. The molecule has 8 atom stereocenters. The SMILES string of the molecule is CSCC[C@H](NC(=O)[C@H](CCC(=O)O)NC(=O)[C@H](CCC(=O)O)NC(C)=O)C(=O)N[C@@H](CCC(N)=O)C(=O)N[C@@H](CCCNC(=N)N)C(=O)N[C@@H](CCCNC(=N)N)C(=O)N[C@@H](C)C(=O)N[C@@H](CC(N)=O)C(N)=O. The van der Waals surface area contributed by atoms with Gasteiger partial charge in [-0.15, -0.1) is 0 Å². The number of hydrogen-bond acceptors (Lipinski definition) is 16. The van der Waals surface area contributed by atoms with Gasteiger partial charge in [0.2, 0.25) is 65.0 Å². The van der Waals surface area contributed by atoms with Crippen molar-refractivity contribution in [1.82, 2.24) is 53.2 Å². The number of guanidine groups is 2. The third kappa shape index (κ3) is 29.4. The molecular weight excluding hydrogens is 1000 g/mol. The van der Waals surface area contributed by atoms with Gasteiger partial charge in [0.25, 0.3) is 0 Å². The van der Waals surface area contributed by atoms with Crippen molar-refractivity contribution in [3.05, 3.63) is 0 Å². The van der Waals surface area contributed by atoms with E-state index in [-0.39, 0.29) is 50.9 Å². The summed E-state index contributed by atoms with van der Waals surface area (Å²) in [4.78, 5) is 166. The highest BCUT2D eigenvalue weighted by atomic mass is 32.2. The summed E-state index contributed by atoms with van der Waals surface area (Å²) in [5.41, 5.74) is 26.5. The molecular formula is C41H71N17O15S. The Morgan fingerprint density at radius 2 is 0.797 bits per heavy atom. The Morgan fingerprint density at radius 3 is 1.12 bits per heavy atom. The lowest BCUT2D eigenvalue weighted by Crippen LogP contribution is -2.60. The molecule has 11 amide bonds. The van der Waals surface area contributed by atoms with Crippen molar-refractivity contribution in [3.63, 3.8) is 0 Å². The largest absolute Gasteiger partial charge is 0.481 e. The highest BCUT2D eigenvalue weighted by Gasteiger charge is 2.34. The van der Waals surface area contributed by atoms with Crippen molar-refractivity contribution < 1.29 is 72.5 Å². The Hall–Kier alpha value is -8.00. The number of hydrogen-bond donors (Lipinski definition) is 19. The van der Waals surface area contributed by atoms with Crippen LogP contribution in [0.1, 0.15) is 90.9 Å². The van der Waals surface area contributed by atoms with Crippen LogP contribution in [-0.2, 0) is 62.3 Å². The Balaban J connectivity index is 6.89. The standard InChI is InChI=1S/C41H71N17O15S/c1-19(33(67)58-27(32(44)66)18-29(43)61)51-34(68)21(6-4-15-49-40(45)46)53-35(69)22(7-5-16-50-41(47)48)54-37(71)24(8-11-28(42)60)55-39(73)26(14-17-74-3)57-38(72)25(10-13-31(64)65)56-36(70)23(52-20(2)59)9-12-30(62)63/h19,21-27H,4-18H2,1-3H3,(H2,42,60)(H2,43,61)(H2,44,66)(H,51,68)(H,52,59)(H,53,69)(H,54,71)(H,55,73)(H,56,70)(H,57,72)(H,58,67)(H,62,63)(H,64,65)(H4,45,46,49)(H4,47,48,50)/t19-,21-,22-,23-,24-,25-,26-,27-/m0/s1. The molecule has 0 spiro atoms. The minimum Gasteiger partial charge on any atom is -0.481 e. The van der Waals surface area contributed by atoms with Gasteiger partial charge in [0.05, 0.1) is 6.42 Å². The molecule has 0 aliphatic heterocycles. The number of carboxylic acid groups (broad SMARTS) is 2. The van der Waals surface area contributed by atoms with E-state index in [9.17, 15) is 67.4 Å². The van der Waals surface area contributed by atoms with E-state index < -0.39 is 182 Å². The Morgan fingerprint density at radius 1 is 0.459 bits per heavy atom. The summed E-state index contributed by atoms with van der Waals surface area (Å²) in [5.74, 6) is -14.2. The van der Waals surface area contributed by atoms with Crippen LogP contribution in [0.5, 0.6) is 0 Å². The predicted molar refractivity (Wildman–Crippen MR) is 263 cm³/mol. The van der Waals surface area contributed by atoms with Crippen LogP contribution in [0.3, 0.4) is 0 Å². The molecule has 0 heterocycles. The second-order valence-electron chi connectivity index (χ2n) is 16.5. The van der Waals surface area contributed by atoms with Crippen LogP contribution in [0.15, 0.2) is 0 Å². The molecule has 0 rings (SSSR count). The van der Waals surface area contributed by atoms with Crippen molar-refractivity contribution in [2.75, 3.05) is 25.1 Å². The zero-order chi connectivity index (χ0) is 56.7. The van der Waals surface area contributed by atoms with Crippen LogP contribution in [0.2, 0.25) is 0 Å². The van der Waals surface area contributed by atoms with Gasteiger partial charge in [-0.3, -0.25) is 73.1 Å². The first-order valence-corrected chi connectivity index (χ1v) is 24.3. The molecule has 0 aliphatic rings. The molecule has 24 N–H and O–H groups in total. The van der Waals surface area contributed by atoms with Crippen molar-refractivity contribution in [3.8, 4) is 0 Å². The summed E-state index contributed by atoms with van der Waals surface area (Å²) in [5, 5.41) is 57.4. The third-order valence-electron chi connectivity index (χ3n) is 10.2. The van der Waals surface area contributed by atoms with Crippen molar-refractivity contribution in [1.29, 1.82) is 10.8 Å². The molecule has 0 aromatic heterocycles. The Labute approximate surface area is 429 Å². The normalized spacial score (nSPS) is 13.9. The van der Waals surface area contributed by atoms with Gasteiger partial charge in [-0.2, -0.15) is 11.8 Å². The smallest absolute Gasteiger partial charge is 0.303 e. The molecule has 74 heavy (non-hydrogen) atoms. The fraction of sp³-hybridized carbons (Fsp3) is 0.634. The van der Waals surface area contributed by atoms with E-state index in [1.54, 1.807) is 6.26 Å². The zero-order valence-electron chi connectivity index (χ0n) is 41.2. The van der Waals surface area contributed by atoms with Gasteiger partial charge in [-0.25, -0.2) is 0 Å². The number of amides is 11. The Kier molecular flexibility index (Phi) is 31.4. The van der Waals surface area contributed by atoms with Gasteiger partial charge >= 0.3 is 11.9 Å². The number of aliphatic carboxylic acids is 2. The maximum Gasteiger partial charge on any atom is 0.303 e. The van der Waals surface area contributed by atoms with Crippen LogP contribution < -0.4 is 81.8 Å². The van der Waals surface area contributed by atoms with E-state index in [1.165, 1.54) is 18.7 Å². The second kappa shape index (κ2) is 35.2. The van der Waals surface area contributed by atoms with Gasteiger partial charge in [-0.1, -0.05) is 0 Å². The molecule has 0 saturated heterocycles. The number of carbonyl (C=O) groups excluding carboxylic acids is 11. The zero-order valence-corrected chi connectivity index (χ0v) is 42.0. The average Bonchev–Trinajstić information content (AvgIpc) is 3.29. The van der Waals surface area contributed by atoms with E-state index in [2.05, 4.69) is 53.2 Å². The molecule has 0 saturated carbocycles. The van der Waals surface area contributed by atoms with Gasteiger partial charge in [-0.05, 0) is 70.3 Å². The number of primary amides is 3. The first-order valence-electron chi connectivity index (χ1n) is 22.9. The summed E-state index contributed by atoms with van der Waals surface area (Å²) >= 11 is 1.23. The van der Waals surface area contributed by atoms with Crippen molar-refractivity contribution >= 4 is 101 Å². The van der Waals surface area contributed by atoms with E-state index in [0.29, 0.717) is 0 Å². The lowest BCUT2D eigenvalue weighted by Gasteiger charge is -2.28. The van der Waals surface area contributed by atoms with Crippen molar-refractivity contribution in [2.24, 2.45) is 28.7 Å². The fourth-order valence-electron chi connectivity index (χ4n) is 6.44. The highest BCUT2D eigenvalue weighted by Crippen LogP contribution is 2.10. The number of nitrogens with one attached hydrogen (secondary N) is 12. The number of thioether (sulfide) groups is 1. The summed E-state index contributed by atoms with van der Waals surface area (Å²) < 4.78 is 0. The topological polar surface area (TPSA) is 560 Å². The van der Waals surface area contributed by atoms with Crippen LogP contribution in [-0.4, -0.2) is 172 Å². The van der Waals surface area contributed by atoms with E-state index in [0.717, 1.165) is 6.92 Å². The lowest BCUT2D eigenvalue weighted by molar-refractivity contribution is -0.140. The minimum atomic E-state index is -1.67. The molecule has 0 aromatic carbocycles. The fourth-order valence-corrected chi connectivity index (χ4v) is 6.91. The maximum atomic E-state index is 14.1. The third-order valence-corrected chi connectivity index (χ3v) is 10.9. The van der Waals surface area contributed by atoms with E-state index >= 15 is 0 Å². The summed E-state index contributed by atoms with van der Waals surface area (Å²) in [6.45, 7) is 2.29. The molecule has 0 aliphatic carbocycles. The predicted octanol–water partition coefficient (Wildman–Crippen LogP) is -7.46. The molecule has 0 bridgehead atoms.